The number of aromatic nitrogens is 2. The molecule has 0 aliphatic heterocycles. The van der Waals surface area contributed by atoms with E-state index in [1.54, 1.807) is 0 Å². The molecule has 0 bridgehead atoms. The molecule has 4 nitrogen and oxygen atoms in total. The van der Waals surface area contributed by atoms with Crippen LogP contribution in [0.2, 0.25) is 0 Å². The molecule has 2 aromatic rings. The summed E-state index contributed by atoms with van der Waals surface area (Å²) in [5.74, 6) is 0. The third-order valence-electron chi connectivity index (χ3n) is 2.47. The molecule has 1 heterocycles. The molecule has 3 N–H and O–H groups in total. The fourth-order valence-electron chi connectivity index (χ4n) is 1.61. The highest BCUT2D eigenvalue weighted by Gasteiger charge is 2.00. The molecular formula is C12H17ClN4. The topological polar surface area (TPSA) is 46.9 Å². The molecule has 0 unspecified atom stereocenters. The Balaban J connectivity index is 0.00000144. The molecule has 0 saturated carbocycles. The lowest BCUT2D eigenvalue weighted by molar-refractivity contribution is -0.671. The molecule has 0 aliphatic carbocycles. The number of hydrogen-bond donors (Lipinski definition) is 2. The third-order valence-corrected chi connectivity index (χ3v) is 2.47. The minimum absolute atomic E-state index is 0. The van der Waals surface area contributed by atoms with Crippen molar-refractivity contribution < 1.29 is 17.0 Å². The van der Waals surface area contributed by atoms with Gasteiger partial charge in [0.15, 0.2) is 0 Å². The van der Waals surface area contributed by atoms with Gasteiger partial charge in [-0.3, -0.25) is 0 Å². The number of nitrogens with two attached hydrogens (primary N) is 1. The van der Waals surface area contributed by atoms with Crippen LogP contribution in [-0.4, -0.2) is 11.1 Å². The fourth-order valence-corrected chi connectivity index (χ4v) is 1.61. The Labute approximate surface area is 107 Å². The van der Waals surface area contributed by atoms with E-state index in [1.165, 1.54) is 0 Å². The number of benzene rings is 1. The molecule has 0 fully saturated rings. The molecule has 0 saturated heterocycles. The number of nitrogens with zero attached hydrogens (tertiary/aromatic N) is 2. The highest BCUT2D eigenvalue weighted by molar-refractivity contribution is 5.65. The molecule has 0 amide bonds. The maximum atomic E-state index is 5.83. The smallest absolute Gasteiger partial charge is 0.243 e. The first-order valence-corrected chi connectivity index (χ1v) is 5.35. The summed E-state index contributed by atoms with van der Waals surface area (Å²) < 4.78 is 4.16. The van der Waals surface area contributed by atoms with Gasteiger partial charge < -0.3 is 23.5 Å². The van der Waals surface area contributed by atoms with Gasteiger partial charge in [0.25, 0.3) is 0 Å². The van der Waals surface area contributed by atoms with E-state index in [4.69, 9.17) is 5.73 Å². The average molecular weight is 253 g/mol. The molecular weight excluding hydrogens is 236 g/mol. The second-order valence-electron chi connectivity index (χ2n) is 3.83. The van der Waals surface area contributed by atoms with E-state index >= 15 is 0 Å². The molecule has 0 spiro atoms. The second-order valence-corrected chi connectivity index (χ2v) is 3.83. The van der Waals surface area contributed by atoms with Crippen molar-refractivity contribution >= 4 is 11.4 Å². The van der Waals surface area contributed by atoms with E-state index in [-0.39, 0.29) is 12.4 Å². The summed E-state index contributed by atoms with van der Waals surface area (Å²) in [5, 5.41) is 3.32. The van der Waals surface area contributed by atoms with Gasteiger partial charge in [-0.25, -0.2) is 9.13 Å². The second kappa shape index (κ2) is 6.15. The normalized spacial score (nSPS) is 9.71. The molecule has 92 valence electrons. The van der Waals surface area contributed by atoms with Crippen LogP contribution in [0.3, 0.4) is 0 Å². The number of nitrogens with one attached hydrogen (secondary N) is 1. The third kappa shape index (κ3) is 3.67. The first kappa shape index (κ1) is 13.4. The largest absolute Gasteiger partial charge is 1.00 e. The summed E-state index contributed by atoms with van der Waals surface area (Å²) in [7, 11) is 2.01. The van der Waals surface area contributed by atoms with E-state index < -0.39 is 0 Å². The number of nitrogen functional groups attached to an aromatic ring is 1. The highest BCUT2D eigenvalue weighted by Crippen LogP contribution is 2.15. The standard InChI is InChI=1S/C12H17N4.ClH/c1-15-8-9-16(10-15)7-6-14-12-5-3-2-4-11(12)13;/h2-5,8-10,14H,6-7,13H2,1H3;1H/q+1;/p-1. The maximum Gasteiger partial charge on any atom is 0.243 e. The molecule has 1 aromatic heterocycles. The van der Waals surface area contributed by atoms with Gasteiger partial charge in [-0.2, -0.15) is 0 Å². The zero-order chi connectivity index (χ0) is 11.4. The quantitative estimate of drug-likeness (QED) is 0.489. The lowest BCUT2D eigenvalue weighted by atomic mass is 10.3. The fraction of sp³-hybridized carbons (Fsp3) is 0.250. The minimum Gasteiger partial charge on any atom is -1.00 e. The Bertz CT molecular complexity index is 467. The Hall–Kier alpha value is -1.68. The van der Waals surface area contributed by atoms with Crippen LogP contribution in [0.1, 0.15) is 0 Å². The maximum absolute atomic E-state index is 5.83. The van der Waals surface area contributed by atoms with E-state index in [0.29, 0.717) is 0 Å². The summed E-state index contributed by atoms with van der Waals surface area (Å²) in [4.78, 5) is 0. The van der Waals surface area contributed by atoms with E-state index in [9.17, 15) is 0 Å². The lowest BCUT2D eigenvalue weighted by Crippen LogP contribution is -3.00. The van der Waals surface area contributed by atoms with Crippen molar-refractivity contribution in [3.63, 3.8) is 0 Å². The molecule has 0 radical (unpaired) electrons. The van der Waals surface area contributed by atoms with Crippen LogP contribution >= 0.6 is 0 Å². The average Bonchev–Trinajstić information content (AvgIpc) is 2.67. The highest BCUT2D eigenvalue weighted by atomic mass is 35.5. The number of para-hydroxylation sites is 2. The van der Waals surface area contributed by atoms with Gasteiger partial charge in [0.2, 0.25) is 6.33 Å². The zero-order valence-corrected chi connectivity index (χ0v) is 10.6. The van der Waals surface area contributed by atoms with Gasteiger partial charge >= 0.3 is 0 Å². The van der Waals surface area contributed by atoms with Crippen molar-refractivity contribution in [3.8, 4) is 0 Å². The van der Waals surface area contributed by atoms with Crippen LogP contribution in [0.25, 0.3) is 0 Å². The van der Waals surface area contributed by atoms with Crippen molar-refractivity contribution in [1.29, 1.82) is 0 Å². The summed E-state index contributed by atoms with van der Waals surface area (Å²) in [6, 6.07) is 7.81. The molecule has 0 atom stereocenters. The van der Waals surface area contributed by atoms with Crippen molar-refractivity contribution in [1.82, 2.24) is 4.57 Å². The summed E-state index contributed by atoms with van der Waals surface area (Å²) in [5.41, 5.74) is 7.62. The number of halogens is 1. The van der Waals surface area contributed by atoms with Crippen LogP contribution in [0.5, 0.6) is 0 Å². The van der Waals surface area contributed by atoms with Crippen LogP contribution in [0.4, 0.5) is 11.4 Å². The first-order chi connectivity index (χ1) is 7.75. The van der Waals surface area contributed by atoms with Gasteiger partial charge in [-0.05, 0) is 12.1 Å². The molecule has 17 heavy (non-hydrogen) atoms. The number of aryl methyl sites for hydroxylation is 1. The zero-order valence-electron chi connectivity index (χ0n) is 9.81. The van der Waals surface area contributed by atoms with Gasteiger partial charge in [0.05, 0.1) is 25.0 Å². The van der Waals surface area contributed by atoms with Gasteiger partial charge in [-0.1, -0.05) is 12.1 Å². The van der Waals surface area contributed by atoms with E-state index in [0.717, 1.165) is 24.5 Å². The van der Waals surface area contributed by atoms with Crippen LogP contribution in [0.15, 0.2) is 43.0 Å². The monoisotopic (exact) mass is 252 g/mol. The summed E-state index contributed by atoms with van der Waals surface area (Å²) >= 11 is 0. The molecule has 5 heteroatoms. The van der Waals surface area contributed by atoms with Gasteiger partial charge in [0, 0.05) is 0 Å². The summed E-state index contributed by atoms with van der Waals surface area (Å²) in [6.07, 6.45) is 6.13. The predicted octanol–water partition coefficient (Wildman–Crippen LogP) is -1.99. The van der Waals surface area contributed by atoms with Crippen LogP contribution in [0, 0.1) is 0 Å². The minimum atomic E-state index is 0. The van der Waals surface area contributed by atoms with E-state index in [1.807, 2.05) is 42.1 Å². The number of anilines is 2. The van der Waals surface area contributed by atoms with Gasteiger partial charge in [-0.15, -0.1) is 0 Å². The Morgan fingerprint density at radius 3 is 2.76 bits per heavy atom. The van der Waals surface area contributed by atoms with Crippen LogP contribution in [-0.2, 0) is 13.6 Å². The van der Waals surface area contributed by atoms with Crippen molar-refractivity contribution in [2.75, 3.05) is 17.6 Å². The molecule has 2 rings (SSSR count). The number of rotatable bonds is 4. The van der Waals surface area contributed by atoms with Crippen molar-refractivity contribution in [2.24, 2.45) is 7.05 Å². The van der Waals surface area contributed by atoms with Crippen LogP contribution < -0.4 is 28.0 Å². The Morgan fingerprint density at radius 2 is 2.12 bits per heavy atom. The van der Waals surface area contributed by atoms with Gasteiger partial charge in [0.1, 0.15) is 18.9 Å². The number of hydrogen-bond acceptors (Lipinski definition) is 2. The predicted molar refractivity (Wildman–Crippen MR) is 65.0 cm³/mol. The Morgan fingerprint density at radius 1 is 1.35 bits per heavy atom. The Kier molecular flexibility index (Phi) is 4.84. The van der Waals surface area contributed by atoms with Crippen molar-refractivity contribution in [2.45, 2.75) is 6.54 Å². The lowest BCUT2D eigenvalue weighted by Gasteiger charge is -2.07. The van der Waals surface area contributed by atoms with E-state index in [2.05, 4.69) is 22.4 Å². The molecule has 0 aliphatic rings. The first-order valence-electron chi connectivity index (χ1n) is 5.35. The van der Waals surface area contributed by atoms with Crippen molar-refractivity contribution in [3.05, 3.63) is 43.0 Å². The molecule has 1 aromatic carbocycles. The SMILES string of the molecule is C[n+]1ccn(CCNc2ccccc2N)c1.[Cl-]. The summed E-state index contributed by atoms with van der Waals surface area (Å²) in [6.45, 7) is 1.79. The number of imidazole rings is 1.